The lowest BCUT2D eigenvalue weighted by atomic mass is 9.70. The van der Waals surface area contributed by atoms with E-state index in [1.807, 2.05) is 0 Å². The monoisotopic (exact) mass is 504 g/mol. The van der Waals surface area contributed by atoms with Gasteiger partial charge in [-0.25, -0.2) is 0 Å². The van der Waals surface area contributed by atoms with Crippen LogP contribution in [0.4, 0.5) is 0 Å². The Labute approximate surface area is 233 Å². The van der Waals surface area contributed by atoms with E-state index in [1.54, 1.807) is 0 Å². The van der Waals surface area contributed by atoms with Crippen LogP contribution in [0.15, 0.2) is 103 Å². The average Bonchev–Trinajstić information content (AvgIpc) is 3.43. The van der Waals surface area contributed by atoms with E-state index in [1.165, 1.54) is 78.7 Å². The van der Waals surface area contributed by atoms with Crippen LogP contribution in [0.5, 0.6) is 0 Å². The third-order valence-electron chi connectivity index (χ3n) is 9.31. The molecule has 7 rings (SSSR count). The van der Waals surface area contributed by atoms with Crippen LogP contribution in [0, 0.1) is 6.92 Å². The van der Waals surface area contributed by atoms with Gasteiger partial charge in [-0.1, -0.05) is 130 Å². The van der Waals surface area contributed by atoms with Crippen LogP contribution >= 0.6 is 0 Å². The first kappa shape index (κ1) is 24.2. The van der Waals surface area contributed by atoms with Crippen LogP contribution in [0.25, 0.3) is 33.4 Å². The molecule has 0 aromatic heterocycles. The van der Waals surface area contributed by atoms with E-state index in [9.17, 15) is 0 Å². The fraction of sp³-hybridized carbons (Fsp3) is 0.231. The third-order valence-corrected chi connectivity index (χ3v) is 9.31. The molecule has 1 unspecified atom stereocenters. The SMILES string of the molecule is CCCc1cc(-c2ccc3c(c2)C2(c4ccccc4-c4ccccc42)c2cc(C)ccc2-3)cc(C(C)CC)c1. The fourth-order valence-electron chi connectivity index (χ4n) is 7.27. The molecule has 0 bridgehead atoms. The topological polar surface area (TPSA) is 0 Å². The number of hydrogen-bond donors (Lipinski definition) is 0. The largest absolute Gasteiger partial charge is 0.0725 e. The minimum Gasteiger partial charge on any atom is -0.0651 e. The summed E-state index contributed by atoms with van der Waals surface area (Å²) in [4.78, 5) is 0. The van der Waals surface area contributed by atoms with Gasteiger partial charge < -0.3 is 0 Å². The van der Waals surface area contributed by atoms with E-state index in [-0.39, 0.29) is 5.41 Å². The summed E-state index contributed by atoms with van der Waals surface area (Å²) in [6, 6.07) is 39.8. The molecule has 39 heavy (non-hydrogen) atoms. The Balaban J connectivity index is 1.53. The highest BCUT2D eigenvalue weighted by Crippen LogP contribution is 2.63. The Morgan fingerprint density at radius 2 is 1.21 bits per heavy atom. The van der Waals surface area contributed by atoms with Crippen molar-refractivity contribution in [3.63, 3.8) is 0 Å². The summed E-state index contributed by atoms with van der Waals surface area (Å²) in [5, 5.41) is 0. The van der Waals surface area contributed by atoms with E-state index in [0.717, 1.165) is 12.8 Å². The van der Waals surface area contributed by atoms with Crippen molar-refractivity contribution in [2.75, 3.05) is 0 Å². The van der Waals surface area contributed by atoms with Crippen molar-refractivity contribution in [3.8, 4) is 33.4 Å². The van der Waals surface area contributed by atoms with Crippen molar-refractivity contribution >= 4 is 0 Å². The number of rotatable bonds is 5. The van der Waals surface area contributed by atoms with Gasteiger partial charge in [0.05, 0.1) is 5.41 Å². The van der Waals surface area contributed by atoms with Gasteiger partial charge in [-0.15, -0.1) is 0 Å². The number of hydrogen-bond acceptors (Lipinski definition) is 0. The predicted molar refractivity (Wildman–Crippen MR) is 166 cm³/mol. The second-order valence-corrected chi connectivity index (χ2v) is 11.7. The highest BCUT2D eigenvalue weighted by molar-refractivity contribution is 5.96. The molecule has 2 aliphatic rings. The summed E-state index contributed by atoms with van der Waals surface area (Å²) < 4.78 is 0. The molecule has 0 saturated carbocycles. The molecule has 0 radical (unpaired) electrons. The first-order valence-corrected chi connectivity index (χ1v) is 14.7. The van der Waals surface area contributed by atoms with Gasteiger partial charge >= 0.3 is 0 Å². The van der Waals surface area contributed by atoms with E-state index < -0.39 is 0 Å². The molecule has 5 aromatic carbocycles. The van der Waals surface area contributed by atoms with Gasteiger partial charge in [0, 0.05) is 0 Å². The molecule has 1 atom stereocenters. The maximum atomic E-state index is 2.52. The summed E-state index contributed by atoms with van der Waals surface area (Å²) in [6.07, 6.45) is 3.45. The molecule has 0 N–H and O–H groups in total. The Hall–Kier alpha value is -3.90. The molecule has 0 heterocycles. The lowest BCUT2D eigenvalue weighted by molar-refractivity contribution is 0.731. The first-order valence-electron chi connectivity index (χ1n) is 14.7. The number of benzene rings is 5. The zero-order valence-corrected chi connectivity index (χ0v) is 23.5. The van der Waals surface area contributed by atoms with Crippen molar-refractivity contribution in [1.29, 1.82) is 0 Å². The molecule has 1 spiro atoms. The van der Waals surface area contributed by atoms with Crippen LogP contribution in [0.3, 0.4) is 0 Å². The zero-order valence-electron chi connectivity index (χ0n) is 23.5. The molecular formula is C39H36. The minimum absolute atomic E-state index is 0.291. The number of aryl methyl sites for hydroxylation is 2. The van der Waals surface area contributed by atoms with Gasteiger partial charge in [0.15, 0.2) is 0 Å². The second-order valence-electron chi connectivity index (χ2n) is 11.7. The Kier molecular flexibility index (Phi) is 5.63. The summed E-state index contributed by atoms with van der Waals surface area (Å²) >= 11 is 0. The Morgan fingerprint density at radius 3 is 1.87 bits per heavy atom. The second kappa shape index (κ2) is 9.09. The van der Waals surface area contributed by atoms with Crippen molar-refractivity contribution in [1.82, 2.24) is 0 Å². The van der Waals surface area contributed by atoms with Crippen molar-refractivity contribution < 1.29 is 0 Å². The molecule has 0 aliphatic heterocycles. The first-order chi connectivity index (χ1) is 19.1. The van der Waals surface area contributed by atoms with Gasteiger partial charge in [-0.3, -0.25) is 0 Å². The lowest BCUT2D eigenvalue weighted by Gasteiger charge is -2.31. The molecule has 2 aliphatic carbocycles. The van der Waals surface area contributed by atoms with Gasteiger partial charge in [0.1, 0.15) is 0 Å². The quantitative estimate of drug-likeness (QED) is 0.219. The standard InChI is InChI=1S/C39H36/c1-5-11-27-21-29(26(4)6-2)23-30(22-27)28-17-19-34-33-18-16-25(3)20-37(33)39(38(34)24-28)35-14-9-7-12-31(35)32-13-8-10-15-36(32)39/h7-10,12-24,26H,5-6,11H2,1-4H3. The van der Waals surface area contributed by atoms with E-state index in [0.29, 0.717) is 5.92 Å². The summed E-state index contributed by atoms with van der Waals surface area (Å²) in [6.45, 7) is 9.16. The van der Waals surface area contributed by atoms with Gasteiger partial charge in [0.25, 0.3) is 0 Å². The van der Waals surface area contributed by atoms with Crippen molar-refractivity contribution in [3.05, 3.63) is 142 Å². The van der Waals surface area contributed by atoms with Gasteiger partial charge in [-0.05, 0) is 98.5 Å². The molecule has 0 saturated heterocycles. The molecule has 0 fully saturated rings. The summed E-state index contributed by atoms with van der Waals surface area (Å²) in [5.41, 5.74) is 17.7. The van der Waals surface area contributed by atoms with Crippen LogP contribution in [0.1, 0.15) is 78.5 Å². The smallest absolute Gasteiger partial charge is 0.0651 e. The summed E-state index contributed by atoms with van der Waals surface area (Å²) in [7, 11) is 0. The molecule has 5 aromatic rings. The maximum Gasteiger partial charge on any atom is 0.0725 e. The van der Waals surface area contributed by atoms with E-state index in [4.69, 9.17) is 0 Å². The molecule has 0 heteroatoms. The Bertz CT molecular complexity index is 1690. The normalized spacial score (nSPS) is 14.6. The molecule has 0 nitrogen and oxygen atoms in total. The lowest BCUT2D eigenvalue weighted by Crippen LogP contribution is -2.26. The van der Waals surface area contributed by atoms with Crippen molar-refractivity contribution in [2.24, 2.45) is 0 Å². The summed E-state index contributed by atoms with van der Waals surface area (Å²) in [5.74, 6) is 0.558. The average molecular weight is 505 g/mol. The zero-order chi connectivity index (χ0) is 26.7. The van der Waals surface area contributed by atoms with Crippen LogP contribution < -0.4 is 0 Å². The third kappa shape index (κ3) is 3.44. The minimum atomic E-state index is -0.291. The molecular weight excluding hydrogens is 468 g/mol. The highest BCUT2D eigenvalue weighted by Gasteiger charge is 2.51. The van der Waals surface area contributed by atoms with Crippen LogP contribution in [-0.4, -0.2) is 0 Å². The van der Waals surface area contributed by atoms with Gasteiger partial charge in [-0.2, -0.15) is 0 Å². The van der Waals surface area contributed by atoms with Gasteiger partial charge in [0.2, 0.25) is 0 Å². The van der Waals surface area contributed by atoms with E-state index >= 15 is 0 Å². The predicted octanol–water partition coefficient (Wildman–Crippen LogP) is 10.5. The van der Waals surface area contributed by atoms with Crippen LogP contribution in [-0.2, 0) is 11.8 Å². The maximum absolute atomic E-state index is 2.52. The number of fused-ring (bicyclic) bond motifs is 10. The Morgan fingerprint density at radius 1 is 0.590 bits per heavy atom. The van der Waals surface area contributed by atoms with Crippen LogP contribution in [0.2, 0.25) is 0 Å². The molecule has 0 amide bonds. The van der Waals surface area contributed by atoms with E-state index in [2.05, 4.69) is 131 Å². The molecule has 192 valence electrons. The fourth-order valence-corrected chi connectivity index (χ4v) is 7.27. The van der Waals surface area contributed by atoms with Crippen molar-refractivity contribution in [2.45, 2.75) is 58.3 Å². The highest BCUT2D eigenvalue weighted by atomic mass is 14.5.